The minimum Gasteiger partial charge on any atom is -1.00 e. The standard InChI is InChI=1S/C22H38NOS.ClH/c1-3-5-6-7-8-9-10-11-12-13-20-18-24-22(25-19-20)21-14-16-23(4-2)17-15-21;/h14-17,20,22H,3-13,18-19H2,1-2H3;1H/q+1;/p-1. The molecule has 1 aliphatic rings. The molecule has 2 atom stereocenters. The lowest BCUT2D eigenvalue weighted by Gasteiger charge is -2.28. The number of hydrogen-bond acceptors (Lipinski definition) is 2. The van der Waals surface area contributed by atoms with Crippen molar-refractivity contribution in [1.29, 1.82) is 0 Å². The molecule has 0 N–H and O–H groups in total. The molecule has 0 bridgehead atoms. The number of nitrogens with zero attached hydrogens (tertiary/aromatic N) is 1. The average Bonchev–Trinajstić information content (AvgIpc) is 2.67. The van der Waals surface area contributed by atoms with Crippen LogP contribution in [-0.2, 0) is 11.3 Å². The number of halogens is 1. The molecule has 150 valence electrons. The Hall–Kier alpha value is -0.250. The van der Waals surface area contributed by atoms with Crippen molar-refractivity contribution in [3.63, 3.8) is 0 Å². The summed E-state index contributed by atoms with van der Waals surface area (Å²) in [6.45, 7) is 6.43. The van der Waals surface area contributed by atoms with Crippen LogP contribution in [0.3, 0.4) is 0 Å². The van der Waals surface area contributed by atoms with Gasteiger partial charge < -0.3 is 17.1 Å². The maximum absolute atomic E-state index is 6.14. The Morgan fingerprint density at radius 1 is 0.962 bits per heavy atom. The Balaban J connectivity index is 0.00000338. The van der Waals surface area contributed by atoms with Crippen molar-refractivity contribution in [3.05, 3.63) is 30.1 Å². The lowest BCUT2D eigenvalue weighted by molar-refractivity contribution is -0.693. The van der Waals surface area contributed by atoms with Crippen LogP contribution in [0.5, 0.6) is 0 Å². The molecule has 2 heterocycles. The third kappa shape index (κ3) is 9.10. The summed E-state index contributed by atoms with van der Waals surface area (Å²) in [5, 5.41) is 0. The van der Waals surface area contributed by atoms with Gasteiger partial charge in [-0.25, -0.2) is 4.57 Å². The Morgan fingerprint density at radius 2 is 1.58 bits per heavy atom. The third-order valence-electron chi connectivity index (χ3n) is 5.24. The lowest BCUT2D eigenvalue weighted by Crippen LogP contribution is -3.00. The quantitative estimate of drug-likeness (QED) is 0.395. The van der Waals surface area contributed by atoms with E-state index in [-0.39, 0.29) is 17.8 Å². The molecule has 0 amide bonds. The minimum absolute atomic E-state index is 0. The van der Waals surface area contributed by atoms with Gasteiger partial charge in [-0.05, 0) is 19.3 Å². The fourth-order valence-electron chi connectivity index (χ4n) is 3.48. The smallest absolute Gasteiger partial charge is 0.169 e. The van der Waals surface area contributed by atoms with E-state index < -0.39 is 0 Å². The molecular formula is C22H38ClNOS. The maximum atomic E-state index is 6.14. The molecule has 26 heavy (non-hydrogen) atoms. The van der Waals surface area contributed by atoms with Gasteiger partial charge in [0.05, 0.1) is 6.61 Å². The second-order valence-electron chi connectivity index (χ2n) is 7.44. The van der Waals surface area contributed by atoms with Crippen molar-refractivity contribution in [2.75, 3.05) is 12.4 Å². The van der Waals surface area contributed by atoms with Crippen LogP contribution in [0.15, 0.2) is 24.5 Å². The predicted octanol–water partition coefficient (Wildman–Crippen LogP) is 3.30. The minimum atomic E-state index is 0. The van der Waals surface area contributed by atoms with E-state index in [1.165, 1.54) is 75.5 Å². The predicted molar refractivity (Wildman–Crippen MR) is 109 cm³/mol. The van der Waals surface area contributed by atoms with Crippen molar-refractivity contribution in [1.82, 2.24) is 0 Å². The van der Waals surface area contributed by atoms with Gasteiger partial charge in [-0.3, -0.25) is 0 Å². The first-order valence-corrected chi connectivity index (χ1v) is 11.6. The van der Waals surface area contributed by atoms with Crippen molar-refractivity contribution in [3.8, 4) is 0 Å². The monoisotopic (exact) mass is 399 g/mol. The topological polar surface area (TPSA) is 13.1 Å². The zero-order chi connectivity index (χ0) is 17.7. The van der Waals surface area contributed by atoms with Crippen molar-refractivity contribution in [2.45, 2.75) is 90.0 Å². The number of aryl methyl sites for hydroxylation is 1. The summed E-state index contributed by atoms with van der Waals surface area (Å²) >= 11 is 1.99. The molecule has 1 aliphatic heterocycles. The summed E-state index contributed by atoms with van der Waals surface area (Å²) in [4.78, 5) is 0. The number of pyridine rings is 1. The van der Waals surface area contributed by atoms with E-state index in [9.17, 15) is 0 Å². The Bertz CT molecular complexity index is 446. The summed E-state index contributed by atoms with van der Waals surface area (Å²) in [6.07, 6.45) is 18.4. The maximum Gasteiger partial charge on any atom is 0.169 e. The van der Waals surface area contributed by atoms with Crippen molar-refractivity contribution >= 4 is 11.8 Å². The molecule has 2 nitrogen and oxygen atoms in total. The number of hydrogen-bond donors (Lipinski definition) is 0. The third-order valence-corrected chi connectivity index (χ3v) is 6.61. The highest BCUT2D eigenvalue weighted by atomic mass is 35.5. The van der Waals surface area contributed by atoms with Crippen LogP contribution in [0.1, 0.15) is 89.1 Å². The van der Waals surface area contributed by atoms with Gasteiger partial charge in [0.2, 0.25) is 0 Å². The Labute approximate surface area is 171 Å². The van der Waals surface area contributed by atoms with Crippen LogP contribution < -0.4 is 17.0 Å². The molecule has 0 aliphatic carbocycles. The van der Waals surface area contributed by atoms with Crippen LogP contribution in [0, 0.1) is 5.92 Å². The van der Waals surface area contributed by atoms with E-state index in [4.69, 9.17) is 4.74 Å². The van der Waals surface area contributed by atoms with E-state index in [0.717, 1.165) is 19.1 Å². The summed E-state index contributed by atoms with van der Waals surface area (Å²) in [6, 6.07) is 4.42. The molecule has 2 unspecified atom stereocenters. The molecule has 1 saturated heterocycles. The normalized spacial score (nSPS) is 19.9. The average molecular weight is 400 g/mol. The summed E-state index contributed by atoms with van der Waals surface area (Å²) in [5.74, 6) is 2.01. The zero-order valence-corrected chi connectivity index (χ0v) is 18.4. The fraction of sp³-hybridized carbons (Fsp3) is 0.773. The van der Waals surface area contributed by atoms with E-state index >= 15 is 0 Å². The highest BCUT2D eigenvalue weighted by Gasteiger charge is 2.23. The van der Waals surface area contributed by atoms with Gasteiger partial charge in [-0.15, -0.1) is 11.8 Å². The molecule has 0 saturated carbocycles. The largest absolute Gasteiger partial charge is 1.00 e. The Morgan fingerprint density at radius 3 is 2.12 bits per heavy atom. The number of aromatic nitrogens is 1. The first-order chi connectivity index (χ1) is 12.3. The first-order valence-electron chi connectivity index (χ1n) is 10.6. The fourth-order valence-corrected chi connectivity index (χ4v) is 4.72. The molecule has 0 aromatic carbocycles. The molecule has 4 heteroatoms. The molecule has 1 aromatic heterocycles. The van der Waals surface area contributed by atoms with Gasteiger partial charge in [0.1, 0.15) is 12.0 Å². The first kappa shape index (κ1) is 23.8. The van der Waals surface area contributed by atoms with Crippen molar-refractivity contribution < 1.29 is 21.7 Å². The molecule has 1 aromatic rings. The number of unbranched alkanes of at least 4 members (excludes halogenated alkanes) is 8. The molecule has 0 radical (unpaired) electrons. The van der Waals surface area contributed by atoms with Gasteiger partial charge in [-0.2, -0.15) is 0 Å². The SMILES string of the molecule is CCCCCCCCCCCC1COC(c2cc[n+](CC)cc2)SC1.[Cl-]. The van der Waals surface area contributed by atoms with Gasteiger partial charge in [0.25, 0.3) is 0 Å². The van der Waals surface area contributed by atoms with E-state index in [1.807, 2.05) is 11.8 Å². The molecular weight excluding hydrogens is 362 g/mol. The highest BCUT2D eigenvalue weighted by Crippen LogP contribution is 2.37. The summed E-state index contributed by atoms with van der Waals surface area (Å²) in [7, 11) is 0. The van der Waals surface area contributed by atoms with E-state index in [2.05, 4.69) is 42.9 Å². The lowest BCUT2D eigenvalue weighted by atomic mass is 10.0. The number of ether oxygens (including phenoxy) is 1. The molecule has 0 spiro atoms. The van der Waals surface area contributed by atoms with Gasteiger partial charge in [-0.1, -0.05) is 64.7 Å². The van der Waals surface area contributed by atoms with Crippen LogP contribution in [0.25, 0.3) is 0 Å². The summed E-state index contributed by atoms with van der Waals surface area (Å²) < 4.78 is 8.33. The van der Waals surface area contributed by atoms with E-state index in [1.54, 1.807) is 0 Å². The van der Waals surface area contributed by atoms with Crippen LogP contribution in [0.4, 0.5) is 0 Å². The van der Waals surface area contributed by atoms with Crippen LogP contribution in [0.2, 0.25) is 0 Å². The second kappa shape index (κ2) is 14.8. The van der Waals surface area contributed by atoms with Gasteiger partial charge >= 0.3 is 0 Å². The van der Waals surface area contributed by atoms with Crippen LogP contribution in [-0.4, -0.2) is 12.4 Å². The molecule has 1 fully saturated rings. The highest BCUT2D eigenvalue weighted by molar-refractivity contribution is 7.99. The number of thioether (sulfide) groups is 1. The van der Waals surface area contributed by atoms with Gasteiger partial charge in [0.15, 0.2) is 12.4 Å². The van der Waals surface area contributed by atoms with Crippen LogP contribution >= 0.6 is 11.8 Å². The van der Waals surface area contributed by atoms with E-state index in [0.29, 0.717) is 0 Å². The summed E-state index contributed by atoms with van der Waals surface area (Å²) in [5.41, 5.74) is 1.56. The molecule has 2 rings (SSSR count). The number of rotatable bonds is 12. The van der Waals surface area contributed by atoms with Gasteiger partial charge in [0, 0.05) is 23.4 Å². The zero-order valence-electron chi connectivity index (χ0n) is 16.8. The Kier molecular flexibility index (Phi) is 13.5. The van der Waals surface area contributed by atoms with Crippen molar-refractivity contribution in [2.24, 2.45) is 5.92 Å². The second-order valence-corrected chi connectivity index (χ2v) is 8.54.